The minimum absolute atomic E-state index is 0.180. The summed E-state index contributed by atoms with van der Waals surface area (Å²) in [6.45, 7) is 2.44. The molecule has 2 aromatic rings. The molecule has 0 aliphatic heterocycles. The van der Waals surface area contributed by atoms with Crippen molar-refractivity contribution in [3.05, 3.63) is 48.2 Å². The molecule has 1 heterocycles. The number of aromatic nitrogens is 2. The first-order chi connectivity index (χ1) is 12.1. The summed E-state index contributed by atoms with van der Waals surface area (Å²) in [4.78, 5) is 14.1. The van der Waals surface area contributed by atoms with Gasteiger partial charge in [0.15, 0.2) is 5.82 Å². The van der Waals surface area contributed by atoms with E-state index in [-0.39, 0.29) is 6.03 Å². The maximum absolute atomic E-state index is 12.0. The third-order valence-electron chi connectivity index (χ3n) is 4.72. The number of hydrogen-bond acceptors (Lipinski definition) is 3. The molecule has 1 aliphatic rings. The molecule has 0 saturated heterocycles. The largest absolute Gasteiger partial charge is 0.338 e. The Morgan fingerprint density at radius 2 is 2.00 bits per heavy atom. The molecule has 1 saturated carbocycles. The van der Waals surface area contributed by atoms with Crippen LogP contribution in [0, 0.1) is 5.92 Å². The lowest BCUT2D eigenvalue weighted by atomic mass is 9.71. The summed E-state index contributed by atoms with van der Waals surface area (Å²) in [7, 11) is 4.05. The van der Waals surface area contributed by atoms with Crippen LogP contribution in [0.5, 0.6) is 0 Å². The molecular weight excluding hydrogens is 314 g/mol. The van der Waals surface area contributed by atoms with Crippen molar-refractivity contribution < 1.29 is 4.79 Å². The molecule has 0 bridgehead atoms. The van der Waals surface area contributed by atoms with Gasteiger partial charge in [0.2, 0.25) is 0 Å². The normalized spacial score (nSPS) is 19.5. The van der Waals surface area contributed by atoms with Crippen molar-refractivity contribution in [2.75, 3.05) is 32.5 Å². The summed E-state index contributed by atoms with van der Waals surface area (Å²) >= 11 is 0. The summed E-state index contributed by atoms with van der Waals surface area (Å²) in [5, 5.41) is 10.1. The van der Waals surface area contributed by atoms with Crippen LogP contribution in [-0.2, 0) is 6.54 Å². The Labute approximate surface area is 149 Å². The van der Waals surface area contributed by atoms with Crippen LogP contribution in [0.3, 0.4) is 0 Å². The van der Waals surface area contributed by atoms with Crippen molar-refractivity contribution in [2.24, 2.45) is 5.92 Å². The molecule has 2 amide bonds. The second-order valence-electron chi connectivity index (χ2n) is 7.05. The summed E-state index contributed by atoms with van der Waals surface area (Å²) in [6.07, 6.45) is 4.17. The highest BCUT2D eigenvalue weighted by atomic mass is 16.2. The van der Waals surface area contributed by atoms with Gasteiger partial charge >= 0.3 is 6.03 Å². The van der Waals surface area contributed by atoms with E-state index in [2.05, 4.69) is 44.9 Å². The molecule has 1 aromatic heterocycles. The first-order valence-corrected chi connectivity index (χ1v) is 8.88. The summed E-state index contributed by atoms with van der Waals surface area (Å²) < 4.78 is 1.84. The number of rotatable bonds is 7. The Kier molecular flexibility index (Phi) is 5.71. The Morgan fingerprint density at radius 1 is 1.24 bits per heavy atom. The van der Waals surface area contributed by atoms with Crippen molar-refractivity contribution >= 4 is 11.8 Å². The molecule has 1 aliphatic carbocycles. The molecule has 1 fully saturated rings. The van der Waals surface area contributed by atoms with E-state index in [1.807, 2.05) is 37.1 Å². The van der Waals surface area contributed by atoms with Crippen molar-refractivity contribution in [1.29, 1.82) is 0 Å². The van der Waals surface area contributed by atoms with E-state index in [0.717, 1.165) is 32.5 Å². The van der Waals surface area contributed by atoms with Gasteiger partial charge in [-0.25, -0.2) is 4.79 Å². The first-order valence-electron chi connectivity index (χ1n) is 8.88. The van der Waals surface area contributed by atoms with E-state index in [0.29, 0.717) is 17.7 Å². The molecule has 25 heavy (non-hydrogen) atoms. The first kappa shape index (κ1) is 17.5. The zero-order chi connectivity index (χ0) is 17.6. The highest BCUT2D eigenvalue weighted by Gasteiger charge is 2.30. The molecule has 6 nitrogen and oxygen atoms in total. The monoisotopic (exact) mass is 341 g/mol. The molecule has 1 aromatic carbocycles. The number of likely N-dealkylation sites (N-methyl/N-ethyl adjacent to an activating group) is 1. The predicted octanol–water partition coefficient (Wildman–Crippen LogP) is 2.76. The number of benzene rings is 1. The number of urea groups is 1. The lowest BCUT2D eigenvalue weighted by Gasteiger charge is -2.35. The third-order valence-corrected chi connectivity index (χ3v) is 4.72. The fraction of sp³-hybridized carbons (Fsp3) is 0.474. The average Bonchev–Trinajstić information content (AvgIpc) is 3.00. The molecule has 0 spiro atoms. The van der Waals surface area contributed by atoms with Gasteiger partial charge in [0.1, 0.15) is 0 Å². The van der Waals surface area contributed by atoms with Gasteiger partial charge in [0.25, 0.3) is 0 Å². The Morgan fingerprint density at radius 3 is 2.72 bits per heavy atom. The minimum atomic E-state index is -0.180. The minimum Gasteiger partial charge on any atom is -0.338 e. The van der Waals surface area contributed by atoms with Crippen LogP contribution in [0.15, 0.2) is 42.6 Å². The Bertz CT molecular complexity index is 676. The lowest BCUT2D eigenvalue weighted by molar-refractivity contribution is 0.233. The van der Waals surface area contributed by atoms with Crippen molar-refractivity contribution in [1.82, 2.24) is 20.0 Å². The number of nitrogens with zero attached hydrogens (tertiary/aromatic N) is 3. The molecule has 0 atom stereocenters. The van der Waals surface area contributed by atoms with Gasteiger partial charge in [-0.2, -0.15) is 5.10 Å². The van der Waals surface area contributed by atoms with Crippen molar-refractivity contribution in [3.8, 4) is 0 Å². The number of nitrogens with one attached hydrogen (secondary N) is 2. The van der Waals surface area contributed by atoms with Crippen LogP contribution in [0.2, 0.25) is 0 Å². The van der Waals surface area contributed by atoms with Crippen molar-refractivity contribution in [2.45, 2.75) is 25.3 Å². The molecule has 3 rings (SSSR count). The van der Waals surface area contributed by atoms with Gasteiger partial charge in [-0.3, -0.25) is 10.00 Å². The smallest absolute Gasteiger partial charge is 0.320 e. The molecule has 0 radical (unpaired) electrons. The molecule has 134 valence electrons. The zero-order valence-corrected chi connectivity index (χ0v) is 15.0. The second-order valence-corrected chi connectivity index (χ2v) is 7.05. The number of carbonyl (C=O) groups excluding carboxylic acids is 1. The fourth-order valence-electron chi connectivity index (χ4n) is 3.15. The second kappa shape index (κ2) is 8.16. The van der Waals surface area contributed by atoms with E-state index in [1.54, 1.807) is 0 Å². The average molecular weight is 341 g/mol. The standard InChI is InChI=1S/C19H27N5O/c1-23(2)10-11-24-9-8-18(22-24)21-19(25)20-14-15-12-17(13-15)16-6-4-3-5-7-16/h3-9,15,17H,10-14H2,1-2H3,(H2,20,21,22,25). The third kappa shape index (κ3) is 5.06. The highest BCUT2D eigenvalue weighted by molar-refractivity contribution is 5.88. The quantitative estimate of drug-likeness (QED) is 0.814. The highest BCUT2D eigenvalue weighted by Crippen LogP contribution is 2.40. The van der Waals surface area contributed by atoms with Gasteiger partial charge in [0.05, 0.1) is 6.54 Å². The number of hydrogen-bond donors (Lipinski definition) is 2. The number of amides is 2. The predicted molar refractivity (Wildman–Crippen MR) is 99.7 cm³/mol. The fourth-order valence-corrected chi connectivity index (χ4v) is 3.15. The zero-order valence-electron chi connectivity index (χ0n) is 15.0. The SMILES string of the molecule is CN(C)CCn1ccc(NC(=O)NCC2CC(c3ccccc3)C2)n1. The maximum atomic E-state index is 12.0. The van der Waals surface area contributed by atoms with Gasteiger partial charge in [-0.05, 0) is 44.3 Å². The maximum Gasteiger partial charge on any atom is 0.320 e. The number of carbonyl (C=O) groups is 1. The van der Waals surface area contributed by atoms with Crippen molar-refractivity contribution in [3.63, 3.8) is 0 Å². The number of anilines is 1. The van der Waals surface area contributed by atoms with Crippen LogP contribution >= 0.6 is 0 Å². The van der Waals surface area contributed by atoms with E-state index >= 15 is 0 Å². The van der Waals surface area contributed by atoms with Crippen LogP contribution < -0.4 is 10.6 Å². The van der Waals surface area contributed by atoms with Gasteiger partial charge < -0.3 is 10.2 Å². The van der Waals surface area contributed by atoms with Crippen LogP contribution in [0.1, 0.15) is 24.3 Å². The van der Waals surface area contributed by atoms with E-state index in [4.69, 9.17) is 0 Å². The molecule has 6 heteroatoms. The Hall–Kier alpha value is -2.34. The van der Waals surface area contributed by atoms with E-state index in [1.165, 1.54) is 5.56 Å². The Balaban J connectivity index is 1.35. The van der Waals surface area contributed by atoms with Gasteiger partial charge in [-0.1, -0.05) is 30.3 Å². The van der Waals surface area contributed by atoms with Crippen LogP contribution in [0.25, 0.3) is 0 Å². The van der Waals surface area contributed by atoms with E-state index < -0.39 is 0 Å². The van der Waals surface area contributed by atoms with Gasteiger partial charge in [0, 0.05) is 25.4 Å². The van der Waals surface area contributed by atoms with E-state index in [9.17, 15) is 4.79 Å². The van der Waals surface area contributed by atoms with Gasteiger partial charge in [-0.15, -0.1) is 0 Å². The van der Waals surface area contributed by atoms with Crippen LogP contribution in [0.4, 0.5) is 10.6 Å². The topological polar surface area (TPSA) is 62.2 Å². The molecule has 0 unspecified atom stereocenters. The summed E-state index contributed by atoms with van der Waals surface area (Å²) in [5.41, 5.74) is 1.41. The van der Waals surface area contributed by atoms with Crippen LogP contribution in [-0.4, -0.2) is 47.9 Å². The lowest BCUT2D eigenvalue weighted by Crippen LogP contribution is -2.37. The summed E-state index contributed by atoms with van der Waals surface area (Å²) in [6, 6.07) is 12.2. The molecular formula is C19H27N5O. The summed E-state index contributed by atoms with van der Waals surface area (Å²) in [5.74, 6) is 1.80. The molecule has 2 N–H and O–H groups in total.